The molecule has 0 saturated heterocycles. The van der Waals surface area contributed by atoms with E-state index >= 15 is 0 Å². The molecule has 0 aromatic heterocycles. The van der Waals surface area contributed by atoms with Crippen LogP contribution in [0.3, 0.4) is 0 Å². The molecule has 18 heavy (non-hydrogen) atoms. The lowest BCUT2D eigenvalue weighted by atomic mass is 9.95. The van der Waals surface area contributed by atoms with Crippen molar-refractivity contribution < 1.29 is 0 Å². The number of hydrogen-bond donors (Lipinski definition) is 2. The Kier molecular flexibility index (Phi) is 10.1. The van der Waals surface area contributed by atoms with Gasteiger partial charge in [-0.1, -0.05) is 64.7 Å². The van der Waals surface area contributed by atoms with Crippen LogP contribution in [0, 0.1) is 0 Å². The van der Waals surface area contributed by atoms with Crippen molar-refractivity contribution in [3.63, 3.8) is 0 Å². The Morgan fingerprint density at radius 2 is 1.50 bits per heavy atom. The molecule has 0 heterocycles. The van der Waals surface area contributed by atoms with Gasteiger partial charge in [-0.2, -0.15) is 12.6 Å². The molecule has 0 aromatic rings. The molecule has 0 bridgehead atoms. The summed E-state index contributed by atoms with van der Waals surface area (Å²) in [4.78, 5) is 0. The molecule has 1 aliphatic rings. The normalized spacial score (nSPS) is 24.3. The van der Waals surface area contributed by atoms with E-state index in [2.05, 4.69) is 24.9 Å². The summed E-state index contributed by atoms with van der Waals surface area (Å²) in [5.41, 5.74) is 0. The Morgan fingerprint density at radius 1 is 0.889 bits per heavy atom. The summed E-state index contributed by atoms with van der Waals surface area (Å²) in [5.74, 6) is 0. The van der Waals surface area contributed by atoms with Crippen LogP contribution in [0.1, 0.15) is 84.0 Å². The third-order valence-corrected chi connectivity index (χ3v) is 4.78. The molecule has 2 atom stereocenters. The highest BCUT2D eigenvalue weighted by atomic mass is 32.1. The second kappa shape index (κ2) is 11.2. The van der Waals surface area contributed by atoms with Gasteiger partial charge in [-0.05, 0) is 25.8 Å². The van der Waals surface area contributed by atoms with E-state index in [4.69, 9.17) is 0 Å². The van der Waals surface area contributed by atoms with Gasteiger partial charge in [0.05, 0.1) is 0 Å². The molecule has 1 N–H and O–H groups in total. The van der Waals surface area contributed by atoms with Crippen molar-refractivity contribution >= 4 is 12.6 Å². The van der Waals surface area contributed by atoms with Gasteiger partial charge in [-0.3, -0.25) is 0 Å². The molecule has 0 aromatic carbocycles. The van der Waals surface area contributed by atoms with Crippen molar-refractivity contribution in [1.82, 2.24) is 5.32 Å². The smallest absolute Gasteiger partial charge is 0.0184 e. The van der Waals surface area contributed by atoms with Gasteiger partial charge in [0.1, 0.15) is 0 Å². The molecule has 2 unspecified atom stereocenters. The lowest BCUT2D eigenvalue weighted by Crippen LogP contribution is -2.39. The maximum absolute atomic E-state index is 4.68. The Balaban J connectivity index is 1.83. The van der Waals surface area contributed by atoms with Gasteiger partial charge in [0.2, 0.25) is 0 Å². The van der Waals surface area contributed by atoms with Crippen molar-refractivity contribution in [3.8, 4) is 0 Å². The highest BCUT2D eigenvalue weighted by Crippen LogP contribution is 2.22. The first kappa shape index (κ1) is 16.4. The fraction of sp³-hybridized carbons (Fsp3) is 1.00. The molecular weight excluding hydrogens is 238 g/mol. The molecular formula is C16H33NS. The summed E-state index contributed by atoms with van der Waals surface area (Å²) in [6.07, 6.45) is 16.7. The van der Waals surface area contributed by atoms with Crippen molar-refractivity contribution in [2.24, 2.45) is 0 Å². The Hall–Kier alpha value is 0.310. The zero-order valence-electron chi connectivity index (χ0n) is 12.3. The molecule has 0 aliphatic heterocycles. The third-order valence-electron chi connectivity index (χ3n) is 4.17. The van der Waals surface area contributed by atoms with Gasteiger partial charge in [0.25, 0.3) is 0 Å². The van der Waals surface area contributed by atoms with E-state index in [9.17, 15) is 0 Å². The number of hydrogen-bond acceptors (Lipinski definition) is 2. The quantitative estimate of drug-likeness (QED) is 0.423. The van der Waals surface area contributed by atoms with E-state index < -0.39 is 0 Å². The van der Waals surface area contributed by atoms with Crippen LogP contribution in [0.2, 0.25) is 0 Å². The van der Waals surface area contributed by atoms with Crippen LogP contribution in [0.15, 0.2) is 0 Å². The van der Waals surface area contributed by atoms with Gasteiger partial charge in [0.15, 0.2) is 0 Å². The second-order valence-corrected chi connectivity index (χ2v) is 6.55. The predicted octanol–water partition coefficient (Wildman–Crippen LogP) is 4.96. The summed E-state index contributed by atoms with van der Waals surface area (Å²) >= 11 is 4.68. The second-order valence-electron chi connectivity index (χ2n) is 5.89. The lowest BCUT2D eigenvalue weighted by Gasteiger charge is -2.28. The van der Waals surface area contributed by atoms with Crippen molar-refractivity contribution in [2.75, 3.05) is 6.54 Å². The number of rotatable bonds is 10. The first-order chi connectivity index (χ1) is 8.84. The average Bonchev–Trinajstić information content (AvgIpc) is 2.39. The van der Waals surface area contributed by atoms with E-state index in [0.717, 1.165) is 0 Å². The van der Waals surface area contributed by atoms with E-state index in [1.54, 1.807) is 0 Å². The number of nitrogens with one attached hydrogen (secondary N) is 1. The van der Waals surface area contributed by atoms with E-state index in [1.165, 1.54) is 83.6 Å². The molecule has 0 amide bonds. The minimum atomic E-state index is 0.604. The molecule has 1 aliphatic carbocycles. The van der Waals surface area contributed by atoms with E-state index in [1.807, 2.05) is 0 Å². The summed E-state index contributed by atoms with van der Waals surface area (Å²) in [5, 5.41) is 4.31. The zero-order chi connectivity index (χ0) is 13.1. The topological polar surface area (TPSA) is 12.0 Å². The van der Waals surface area contributed by atoms with Gasteiger partial charge >= 0.3 is 0 Å². The van der Waals surface area contributed by atoms with Gasteiger partial charge in [-0.15, -0.1) is 0 Å². The predicted molar refractivity (Wildman–Crippen MR) is 85.6 cm³/mol. The number of thiol groups is 1. The maximum atomic E-state index is 4.68. The van der Waals surface area contributed by atoms with Crippen LogP contribution >= 0.6 is 12.6 Å². The Bertz CT molecular complexity index is 184. The zero-order valence-corrected chi connectivity index (χ0v) is 13.2. The molecule has 1 saturated carbocycles. The van der Waals surface area contributed by atoms with Gasteiger partial charge < -0.3 is 5.32 Å². The fourth-order valence-corrected chi connectivity index (χ4v) is 3.33. The number of unbranched alkanes of at least 4 members (excludes halogenated alkanes) is 7. The van der Waals surface area contributed by atoms with Crippen molar-refractivity contribution in [3.05, 3.63) is 0 Å². The molecule has 1 rings (SSSR count). The van der Waals surface area contributed by atoms with Crippen LogP contribution in [-0.2, 0) is 0 Å². The van der Waals surface area contributed by atoms with Crippen molar-refractivity contribution in [2.45, 2.75) is 95.3 Å². The SMILES string of the molecule is CCCCCCCCCCNC1CCCCC1S. The molecule has 108 valence electrons. The fourth-order valence-electron chi connectivity index (χ4n) is 2.90. The van der Waals surface area contributed by atoms with E-state index in [0.29, 0.717) is 11.3 Å². The van der Waals surface area contributed by atoms with Crippen LogP contribution in [0.4, 0.5) is 0 Å². The monoisotopic (exact) mass is 271 g/mol. The Labute approximate surface area is 120 Å². The molecule has 0 spiro atoms. The third kappa shape index (κ3) is 7.68. The minimum Gasteiger partial charge on any atom is -0.313 e. The summed E-state index contributed by atoms with van der Waals surface area (Å²) < 4.78 is 0. The maximum Gasteiger partial charge on any atom is 0.0184 e. The van der Waals surface area contributed by atoms with Gasteiger partial charge in [0, 0.05) is 11.3 Å². The standard InChI is InChI=1S/C16H33NS/c1-2-3-4-5-6-7-8-11-14-17-15-12-9-10-13-16(15)18/h15-18H,2-14H2,1H3. The van der Waals surface area contributed by atoms with E-state index in [-0.39, 0.29) is 0 Å². The summed E-state index contributed by atoms with van der Waals surface area (Å²) in [7, 11) is 0. The molecule has 1 fully saturated rings. The summed E-state index contributed by atoms with van der Waals surface area (Å²) in [6, 6.07) is 0.687. The van der Waals surface area contributed by atoms with Crippen molar-refractivity contribution in [1.29, 1.82) is 0 Å². The first-order valence-corrected chi connectivity index (χ1v) is 8.77. The first-order valence-electron chi connectivity index (χ1n) is 8.26. The van der Waals surface area contributed by atoms with Crippen LogP contribution < -0.4 is 5.32 Å². The largest absolute Gasteiger partial charge is 0.313 e. The van der Waals surface area contributed by atoms with Crippen LogP contribution in [0.25, 0.3) is 0 Å². The van der Waals surface area contributed by atoms with Gasteiger partial charge in [-0.25, -0.2) is 0 Å². The summed E-state index contributed by atoms with van der Waals surface area (Å²) in [6.45, 7) is 3.49. The van der Waals surface area contributed by atoms with Crippen LogP contribution in [-0.4, -0.2) is 17.8 Å². The molecule has 0 radical (unpaired) electrons. The highest BCUT2D eigenvalue weighted by molar-refractivity contribution is 7.81. The molecule has 2 heteroatoms. The van der Waals surface area contributed by atoms with Crippen LogP contribution in [0.5, 0.6) is 0 Å². The molecule has 1 nitrogen and oxygen atoms in total. The highest BCUT2D eigenvalue weighted by Gasteiger charge is 2.20. The lowest BCUT2D eigenvalue weighted by molar-refractivity contribution is 0.381. The Morgan fingerprint density at radius 3 is 2.17 bits per heavy atom. The minimum absolute atomic E-state index is 0.604. The average molecular weight is 272 g/mol.